The fourth-order valence-electron chi connectivity index (χ4n) is 7.05. The summed E-state index contributed by atoms with van der Waals surface area (Å²) in [7, 11) is 0. The monoisotopic (exact) mass is 360 g/mol. The van der Waals surface area contributed by atoms with Crippen LogP contribution in [0.25, 0.3) is 0 Å². The first kappa shape index (κ1) is 17.9. The molecule has 0 heterocycles. The first-order valence-corrected chi connectivity index (χ1v) is 9.71. The van der Waals surface area contributed by atoms with Gasteiger partial charge in [-0.2, -0.15) is 0 Å². The Morgan fingerprint density at radius 3 is 2.65 bits per heavy atom. The molecule has 3 fully saturated rings. The Balaban J connectivity index is 1.73. The van der Waals surface area contributed by atoms with Crippen LogP contribution in [0, 0.1) is 34.5 Å². The van der Waals surface area contributed by atoms with Crippen LogP contribution in [0.3, 0.4) is 0 Å². The molecule has 5 nitrogen and oxygen atoms in total. The van der Waals surface area contributed by atoms with Crippen molar-refractivity contribution in [3.05, 3.63) is 23.5 Å². The second-order valence-electron chi connectivity index (χ2n) is 9.17. The van der Waals surface area contributed by atoms with Crippen LogP contribution in [0.2, 0.25) is 0 Å². The summed E-state index contributed by atoms with van der Waals surface area (Å²) in [6, 6.07) is 0. The highest BCUT2D eigenvalue weighted by molar-refractivity contribution is 5.99. The molecule has 0 saturated heterocycles. The van der Waals surface area contributed by atoms with E-state index in [1.807, 2.05) is 6.92 Å². The lowest BCUT2D eigenvalue weighted by atomic mass is 9.46. The number of aliphatic hydroxyl groups excluding tert-OH is 3. The largest absolute Gasteiger partial charge is 0.508 e. The van der Waals surface area contributed by atoms with Crippen LogP contribution in [-0.2, 0) is 9.59 Å². The molecule has 0 aliphatic heterocycles. The molecule has 3 N–H and O–H groups in total. The summed E-state index contributed by atoms with van der Waals surface area (Å²) < 4.78 is 0. The molecule has 0 spiro atoms. The molecule has 0 unspecified atom stereocenters. The molecule has 5 heteroatoms. The molecule has 0 aromatic carbocycles. The van der Waals surface area contributed by atoms with E-state index in [9.17, 15) is 24.9 Å². The van der Waals surface area contributed by atoms with Crippen molar-refractivity contribution in [2.24, 2.45) is 34.5 Å². The highest BCUT2D eigenvalue weighted by atomic mass is 16.3. The zero-order valence-corrected chi connectivity index (χ0v) is 15.4. The van der Waals surface area contributed by atoms with Gasteiger partial charge in [0, 0.05) is 17.9 Å². The van der Waals surface area contributed by atoms with Gasteiger partial charge in [-0.3, -0.25) is 9.59 Å². The zero-order valence-electron chi connectivity index (χ0n) is 15.4. The molecular formula is C21H28O5. The lowest BCUT2D eigenvalue weighted by Crippen LogP contribution is -2.58. The van der Waals surface area contributed by atoms with E-state index < -0.39 is 18.1 Å². The van der Waals surface area contributed by atoms with Crippen LogP contribution >= 0.6 is 0 Å². The van der Waals surface area contributed by atoms with Gasteiger partial charge in [-0.05, 0) is 62.4 Å². The maximum atomic E-state index is 12.9. The Kier molecular flexibility index (Phi) is 3.98. The summed E-state index contributed by atoms with van der Waals surface area (Å²) in [4.78, 5) is 25.2. The molecule has 0 bridgehead atoms. The van der Waals surface area contributed by atoms with Gasteiger partial charge in [0.1, 0.15) is 12.4 Å². The van der Waals surface area contributed by atoms with Gasteiger partial charge in [0.05, 0.1) is 11.5 Å². The minimum Gasteiger partial charge on any atom is -0.508 e. The lowest BCUT2D eigenvalue weighted by molar-refractivity contribution is -0.153. The SMILES string of the molecule is C[C@]12C(=O)C=C(O)C=C1CC[C@@H]1[C@@H]2[C@@H](O)C[C@]2(C)[C@@H](C(=O)CO)CC[C@@H]12. The minimum absolute atomic E-state index is 0.00513. The number of carbonyl (C=O) groups excluding carboxylic acids is 2. The van der Waals surface area contributed by atoms with E-state index in [1.165, 1.54) is 6.08 Å². The molecule has 142 valence electrons. The van der Waals surface area contributed by atoms with Crippen molar-refractivity contribution < 1.29 is 24.9 Å². The average Bonchev–Trinajstić information content (AvgIpc) is 2.92. The lowest BCUT2D eigenvalue weighted by Gasteiger charge is -2.58. The van der Waals surface area contributed by atoms with Gasteiger partial charge in [0.25, 0.3) is 0 Å². The van der Waals surface area contributed by atoms with Crippen molar-refractivity contribution >= 4 is 11.6 Å². The first-order chi connectivity index (χ1) is 12.2. The van der Waals surface area contributed by atoms with Crippen LogP contribution in [0.5, 0.6) is 0 Å². The van der Waals surface area contributed by atoms with E-state index in [0.717, 1.165) is 31.3 Å². The van der Waals surface area contributed by atoms with Crippen LogP contribution in [-0.4, -0.2) is 39.6 Å². The van der Waals surface area contributed by atoms with Crippen LogP contribution in [0.1, 0.15) is 46.0 Å². The summed E-state index contributed by atoms with van der Waals surface area (Å²) in [5.74, 6) is -0.160. The smallest absolute Gasteiger partial charge is 0.169 e. The van der Waals surface area contributed by atoms with Gasteiger partial charge in [-0.25, -0.2) is 0 Å². The molecule has 26 heavy (non-hydrogen) atoms. The number of hydrogen-bond donors (Lipinski definition) is 3. The standard InChI is InChI=1S/C21H28O5/c1-20-9-16(24)19-13(14(20)5-6-15(20)17(25)10-22)4-3-11-7-12(23)8-18(26)21(11,19)2/h7-8,13-16,19,22-24H,3-6,9-10H2,1-2H3/t13-,14-,15+,16-,19+,20-,21+/m0/s1. The van der Waals surface area contributed by atoms with Crippen molar-refractivity contribution in [1.29, 1.82) is 0 Å². The number of carbonyl (C=O) groups is 2. The zero-order chi connectivity index (χ0) is 18.9. The Bertz CT molecular complexity index is 722. The number of Topliss-reactive ketones (excluding diaryl/α,β-unsaturated/α-hetero) is 1. The molecule has 0 radical (unpaired) electrons. The number of allylic oxidation sites excluding steroid dienone is 3. The highest BCUT2D eigenvalue weighted by Gasteiger charge is 2.64. The second kappa shape index (κ2) is 5.77. The quantitative estimate of drug-likeness (QED) is 0.702. The number of rotatable bonds is 2. The predicted molar refractivity (Wildman–Crippen MR) is 95.2 cm³/mol. The first-order valence-electron chi connectivity index (χ1n) is 9.71. The van der Waals surface area contributed by atoms with E-state index >= 15 is 0 Å². The maximum Gasteiger partial charge on any atom is 0.169 e. The van der Waals surface area contributed by atoms with Gasteiger partial charge in [-0.1, -0.05) is 12.5 Å². The van der Waals surface area contributed by atoms with Crippen molar-refractivity contribution in [2.45, 2.75) is 52.1 Å². The molecule has 0 amide bonds. The second-order valence-corrected chi connectivity index (χ2v) is 9.17. The Morgan fingerprint density at radius 2 is 1.96 bits per heavy atom. The molecule has 0 aromatic rings. The molecule has 7 atom stereocenters. The van der Waals surface area contributed by atoms with Crippen molar-refractivity contribution in [3.63, 3.8) is 0 Å². The van der Waals surface area contributed by atoms with E-state index in [-0.39, 0.29) is 46.4 Å². The maximum absolute atomic E-state index is 12.9. The molecule has 0 aromatic heterocycles. The summed E-state index contributed by atoms with van der Waals surface area (Å²) in [5.41, 5.74) is -0.157. The number of hydrogen-bond acceptors (Lipinski definition) is 5. The Morgan fingerprint density at radius 1 is 1.23 bits per heavy atom. The topological polar surface area (TPSA) is 94.8 Å². The number of fused-ring (bicyclic) bond motifs is 5. The van der Waals surface area contributed by atoms with E-state index in [1.54, 1.807) is 6.08 Å². The van der Waals surface area contributed by atoms with Crippen LogP contribution < -0.4 is 0 Å². The fraction of sp³-hybridized carbons (Fsp3) is 0.714. The molecule has 4 aliphatic carbocycles. The van der Waals surface area contributed by atoms with E-state index in [2.05, 4.69) is 6.92 Å². The fourth-order valence-corrected chi connectivity index (χ4v) is 7.05. The third-order valence-corrected chi connectivity index (χ3v) is 8.19. The average molecular weight is 360 g/mol. The van der Waals surface area contributed by atoms with E-state index in [4.69, 9.17) is 0 Å². The van der Waals surface area contributed by atoms with Gasteiger partial charge in [-0.15, -0.1) is 0 Å². The van der Waals surface area contributed by atoms with E-state index in [0.29, 0.717) is 6.42 Å². The summed E-state index contributed by atoms with van der Waals surface area (Å²) >= 11 is 0. The Labute approximate surface area is 153 Å². The summed E-state index contributed by atoms with van der Waals surface area (Å²) in [6.45, 7) is 3.56. The van der Waals surface area contributed by atoms with Gasteiger partial charge >= 0.3 is 0 Å². The van der Waals surface area contributed by atoms with Gasteiger partial charge in [0.2, 0.25) is 0 Å². The van der Waals surface area contributed by atoms with Crippen LogP contribution in [0.4, 0.5) is 0 Å². The Hall–Kier alpha value is -1.46. The molecule has 4 aliphatic rings. The van der Waals surface area contributed by atoms with Crippen molar-refractivity contribution in [2.75, 3.05) is 6.61 Å². The highest BCUT2D eigenvalue weighted by Crippen LogP contribution is 2.66. The minimum atomic E-state index is -0.769. The molecule has 3 saturated carbocycles. The molecule has 4 rings (SSSR count). The molecular weight excluding hydrogens is 332 g/mol. The van der Waals surface area contributed by atoms with Crippen molar-refractivity contribution in [1.82, 2.24) is 0 Å². The predicted octanol–water partition coefficient (Wildman–Crippen LogP) is 2.33. The van der Waals surface area contributed by atoms with Crippen molar-refractivity contribution in [3.8, 4) is 0 Å². The number of ketones is 2. The third kappa shape index (κ3) is 2.16. The van der Waals surface area contributed by atoms with Gasteiger partial charge in [0.15, 0.2) is 11.6 Å². The van der Waals surface area contributed by atoms with Crippen LogP contribution in [0.15, 0.2) is 23.5 Å². The van der Waals surface area contributed by atoms with Gasteiger partial charge < -0.3 is 15.3 Å². The number of aliphatic hydroxyl groups is 3. The third-order valence-electron chi connectivity index (χ3n) is 8.19. The summed E-state index contributed by atoms with van der Waals surface area (Å²) in [5, 5.41) is 30.3. The normalized spacial score (nSPS) is 47.4. The summed E-state index contributed by atoms with van der Waals surface area (Å²) in [6.07, 6.45) is 6.07.